The zero-order chi connectivity index (χ0) is 19.4. The number of hydrogen-bond donors (Lipinski definition) is 0. The maximum absolute atomic E-state index is 14.2. The van der Waals surface area contributed by atoms with Crippen molar-refractivity contribution in [2.75, 3.05) is 0 Å². The largest absolute Gasteiger partial charge is 0.416 e. The summed E-state index contributed by atoms with van der Waals surface area (Å²) in [5.41, 5.74) is -0.0835. The molecule has 0 saturated heterocycles. The van der Waals surface area contributed by atoms with Gasteiger partial charge in [-0.05, 0) is 39.3 Å². The first-order valence-corrected chi connectivity index (χ1v) is 7.94. The lowest BCUT2D eigenvalue weighted by atomic mass is 9.99. The molecule has 138 valence electrons. The van der Waals surface area contributed by atoms with E-state index in [1.807, 2.05) is 6.92 Å². The summed E-state index contributed by atoms with van der Waals surface area (Å²) >= 11 is 0. The third-order valence-corrected chi connectivity index (χ3v) is 3.52. The highest BCUT2D eigenvalue weighted by atomic mass is 19.4. The molecule has 7 heteroatoms. The molecule has 0 radical (unpaired) electrons. The van der Waals surface area contributed by atoms with Crippen LogP contribution in [0.1, 0.15) is 57.7 Å². The van der Waals surface area contributed by atoms with Gasteiger partial charge in [-0.3, -0.25) is 0 Å². The van der Waals surface area contributed by atoms with Gasteiger partial charge < -0.3 is 0 Å². The monoisotopic (exact) mass is 357 g/mol. The Labute approximate surface area is 145 Å². The fourth-order valence-electron chi connectivity index (χ4n) is 2.51. The maximum atomic E-state index is 14.2. The molecule has 1 aromatic rings. The lowest BCUT2D eigenvalue weighted by Gasteiger charge is -2.33. The van der Waals surface area contributed by atoms with Crippen LogP contribution in [0.4, 0.5) is 23.2 Å². The van der Waals surface area contributed by atoms with Crippen LogP contribution in [0.2, 0.25) is 0 Å². The van der Waals surface area contributed by atoms with Crippen molar-refractivity contribution in [2.45, 2.75) is 52.8 Å². The van der Waals surface area contributed by atoms with E-state index in [-0.39, 0.29) is 11.3 Å². The number of nitrogens with zero attached hydrogens (tertiary/aromatic N) is 3. The second kappa shape index (κ2) is 8.27. The predicted molar refractivity (Wildman–Crippen MR) is 93.7 cm³/mol. The fraction of sp³-hybridized carbons (Fsp3) is 0.444. The SMILES string of the molecule is C=C.CCCC1=Nc2c(F)cc(C(F)(F)F)cc2C(C)N1N=C(C)C. The van der Waals surface area contributed by atoms with Crippen LogP contribution in [0.5, 0.6) is 0 Å². The Bertz CT molecular complexity index is 674. The average Bonchev–Trinajstić information content (AvgIpc) is 2.52. The summed E-state index contributed by atoms with van der Waals surface area (Å²) in [5.74, 6) is -0.389. The summed E-state index contributed by atoms with van der Waals surface area (Å²) in [4.78, 5) is 4.24. The Hall–Kier alpha value is -2.18. The Kier molecular flexibility index (Phi) is 6.90. The Morgan fingerprint density at radius 2 is 1.88 bits per heavy atom. The number of amidine groups is 1. The lowest BCUT2D eigenvalue weighted by Crippen LogP contribution is -2.32. The quantitative estimate of drug-likeness (QED) is 0.357. The molecular weight excluding hydrogens is 334 g/mol. The van der Waals surface area contributed by atoms with Crippen molar-refractivity contribution < 1.29 is 17.6 Å². The second-order valence-corrected chi connectivity index (χ2v) is 5.74. The van der Waals surface area contributed by atoms with E-state index >= 15 is 0 Å². The molecule has 1 unspecified atom stereocenters. The molecule has 0 aromatic heterocycles. The fourth-order valence-corrected chi connectivity index (χ4v) is 2.51. The number of hydrazone groups is 1. The number of hydrogen-bond acceptors (Lipinski definition) is 3. The summed E-state index contributed by atoms with van der Waals surface area (Å²) in [7, 11) is 0. The van der Waals surface area contributed by atoms with Gasteiger partial charge in [0.15, 0.2) is 0 Å². The molecule has 0 bridgehead atoms. The minimum absolute atomic E-state index is 0.0193. The van der Waals surface area contributed by atoms with Gasteiger partial charge in [0.05, 0.1) is 11.6 Å². The van der Waals surface area contributed by atoms with Crippen LogP contribution in [-0.4, -0.2) is 16.6 Å². The number of aliphatic imine (C=N–C) groups is 1. The number of alkyl halides is 3. The lowest BCUT2D eigenvalue weighted by molar-refractivity contribution is -0.137. The summed E-state index contributed by atoms with van der Waals surface area (Å²) in [6.45, 7) is 13.2. The molecular formula is C18H23F4N3. The van der Waals surface area contributed by atoms with Crippen molar-refractivity contribution in [3.63, 3.8) is 0 Å². The topological polar surface area (TPSA) is 28.0 Å². The van der Waals surface area contributed by atoms with Crippen molar-refractivity contribution in [3.05, 3.63) is 42.2 Å². The molecule has 25 heavy (non-hydrogen) atoms. The van der Waals surface area contributed by atoms with Crippen molar-refractivity contribution in [2.24, 2.45) is 10.1 Å². The molecule has 1 aliphatic heterocycles. The van der Waals surface area contributed by atoms with E-state index in [1.54, 1.807) is 25.8 Å². The molecule has 1 aromatic carbocycles. The third-order valence-electron chi connectivity index (χ3n) is 3.52. The average molecular weight is 357 g/mol. The van der Waals surface area contributed by atoms with Crippen LogP contribution in [0, 0.1) is 5.82 Å². The van der Waals surface area contributed by atoms with Gasteiger partial charge in [0.25, 0.3) is 0 Å². The zero-order valence-corrected chi connectivity index (χ0v) is 14.9. The van der Waals surface area contributed by atoms with E-state index in [1.165, 1.54) is 0 Å². The molecule has 0 spiro atoms. The Morgan fingerprint density at radius 1 is 1.28 bits per heavy atom. The minimum atomic E-state index is -4.60. The van der Waals surface area contributed by atoms with Crippen LogP contribution in [0.3, 0.4) is 0 Å². The predicted octanol–water partition coefficient (Wildman–Crippen LogP) is 6.25. The molecule has 1 aliphatic rings. The summed E-state index contributed by atoms with van der Waals surface area (Å²) in [5, 5.41) is 5.94. The smallest absolute Gasteiger partial charge is 0.244 e. The normalized spacial score (nSPS) is 16.4. The van der Waals surface area contributed by atoms with Gasteiger partial charge in [-0.25, -0.2) is 14.4 Å². The van der Waals surface area contributed by atoms with E-state index in [9.17, 15) is 17.6 Å². The van der Waals surface area contributed by atoms with E-state index in [2.05, 4.69) is 23.3 Å². The van der Waals surface area contributed by atoms with E-state index < -0.39 is 23.6 Å². The van der Waals surface area contributed by atoms with Gasteiger partial charge in [0, 0.05) is 17.7 Å². The van der Waals surface area contributed by atoms with Crippen LogP contribution in [0.25, 0.3) is 0 Å². The Morgan fingerprint density at radius 3 is 2.36 bits per heavy atom. The van der Waals surface area contributed by atoms with Crippen molar-refractivity contribution in [3.8, 4) is 0 Å². The number of rotatable bonds is 3. The highest BCUT2D eigenvalue weighted by Gasteiger charge is 2.35. The molecule has 3 nitrogen and oxygen atoms in total. The molecule has 0 amide bonds. The van der Waals surface area contributed by atoms with Gasteiger partial charge in [0.1, 0.15) is 17.3 Å². The summed E-state index contributed by atoms with van der Waals surface area (Å²) < 4.78 is 53.0. The van der Waals surface area contributed by atoms with Crippen LogP contribution < -0.4 is 0 Å². The van der Waals surface area contributed by atoms with Crippen LogP contribution >= 0.6 is 0 Å². The third kappa shape index (κ3) is 4.67. The second-order valence-electron chi connectivity index (χ2n) is 5.74. The molecule has 0 saturated carbocycles. The summed E-state index contributed by atoms with van der Waals surface area (Å²) in [6, 6.07) is 0.946. The van der Waals surface area contributed by atoms with Crippen LogP contribution in [0.15, 0.2) is 35.4 Å². The zero-order valence-electron chi connectivity index (χ0n) is 14.9. The van der Waals surface area contributed by atoms with Crippen molar-refractivity contribution in [1.82, 2.24) is 5.01 Å². The first-order chi connectivity index (χ1) is 11.6. The first kappa shape index (κ1) is 20.9. The number of fused-ring (bicyclic) bond motifs is 1. The standard InChI is InChI=1S/C16H19F4N3.C2H4/c1-5-6-14-21-15-12(10(4)23(14)22-9(2)3)7-11(8-13(15)17)16(18,19)20;1-2/h7-8,10H,5-6H2,1-4H3;1-2H2. The van der Waals surface area contributed by atoms with Crippen molar-refractivity contribution in [1.29, 1.82) is 0 Å². The molecule has 2 rings (SSSR count). The highest BCUT2D eigenvalue weighted by molar-refractivity contribution is 5.89. The van der Waals surface area contributed by atoms with E-state index in [0.717, 1.165) is 18.2 Å². The van der Waals surface area contributed by atoms with E-state index in [4.69, 9.17) is 0 Å². The number of halogens is 4. The molecule has 0 aliphatic carbocycles. The first-order valence-electron chi connectivity index (χ1n) is 7.94. The van der Waals surface area contributed by atoms with E-state index in [0.29, 0.717) is 18.3 Å². The minimum Gasteiger partial charge on any atom is -0.244 e. The van der Waals surface area contributed by atoms with Gasteiger partial charge in [-0.1, -0.05) is 6.92 Å². The molecule has 1 atom stereocenters. The molecule has 1 heterocycles. The van der Waals surface area contributed by atoms with Gasteiger partial charge in [0.2, 0.25) is 0 Å². The Balaban J connectivity index is 0.00000151. The highest BCUT2D eigenvalue weighted by Crippen LogP contribution is 2.41. The molecule has 0 N–H and O–H groups in total. The summed E-state index contributed by atoms with van der Waals surface area (Å²) in [6.07, 6.45) is -3.25. The van der Waals surface area contributed by atoms with Gasteiger partial charge in [-0.2, -0.15) is 18.3 Å². The number of benzene rings is 1. The molecule has 0 fully saturated rings. The van der Waals surface area contributed by atoms with Crippen LogP contribution in [-0.2, 0) is 6.18 Å². The van der Waals surface area contributed by atoms with Gasteiger partial charge in [-0.15, -0.1) is 13.2 Å². The maximum Gasteiger partial charge on any atom is 0.416 e. The van der Waals surface area contributed by atoms with Gasteiger partial charge >= 0.3 is 6.18 Å². The van der Waals surface area contributed by atoms with Crippen molar-refractivity contribution >= 4 is 17.2 Å².